The second-order valence-corrected chi connectivity index (χ2v) is 3.66. The summed E-state index contributed by atoms with van der Waals surface area (Å²) in [6.45, 7) is 8.26. The summed E-state index contributed by atoms with van der Waals surface area (Å²) in [5.74, 6) is 0.872. The summed E-state index contributed by atoms with van der Waals surface area (Å²) in [6.07, 6.45) is 3.44. The van der Waals surface area contributed by atoms with Crippen molar-refractivity contribution in [2.24, 2.45) is 0 Å². The van der Waals surface area contributed by atoms with Crippen LogP contribution >= 0.6 is 0 Å². The lowest BCUT2D eigenvalue weighted by Gasteiger charge is -2.13. The summed E-state index contributed by atoms with van der Waals surface area (Å²) in [7, 11) is 0. The van der Waals surface area contributed by atoms with Crippen molar-refractivity contribution in [1.82, 2.24) is 0 Å². The second kappa shape index (κ2) is 5.15. The first-order chi connectivity index (χ1) is 7.19. The van der Waals surface area contributed by atoms with E-state index in [1.807, 2.05) is 13.8 Å². The SMILES string of the molecule is CCc1oc(=O)c(CC)c(CC)c1CC. The fraction of sp³-hybridized carbons (Fsp3) is 0.615. The molecule has 15 heavy (non-hydrogen) atoms. The molecule has 0 unspecified atom stereocenters. The third-order valence-electron chi connectivity index (χ3n) is 2.91. The number of rotatable bonds is 4. The van der Waals surface area contributed by atoms with Gasteiger partial charge < -0.3 is 4.42 Å². The third kappa shape index (κ3) is 2.14. The van der Waals surface area contributed by atoms with Crippen molar-refractivity contribution in [3.8, 4) is 0 Å². The lowest BCUT2D eigenvalue weighted by Crippen LogP contribution is -2.15. The molecular weight excluding hydrogens is 188 g/mol. The van der Waals surface area contributed by atoms with Gasteiger partial charge in [0.05, 0.1) is 0 Å². The summed E-state index contributed by atoms with van der Waals surface area (Å²) in [5, 5.41) is 0. The number of aryl methyl sites for hydroxylation is 1. The molecule has 0 amide bonds. The average Bonchev–Trinajstić information content (AvgIpc) is 2.27. The smallest absolute Gasteiger partial charge is 0.339 e. The molecule has 1 aromatic rings. The summed E-state index contributed by atoms with van der Waals surface area (Å²) in [6, 6.07) is 0. The molecule has 0 fully saturated rings. The van der Waals surface area contributed by atoms with Gasteiger partial charge in [0.15, 0.2) is 0 Å². The van der Waals surface area contributed by atoms with Gasteiger partial charge in [-0.1, -0.05) is 27.7 Å². The second-order valence-electron chi connectivity index (χ2n) is 3.66. The summed E-state index contributed by atoms with van der Waals surface area (Å²) in [5.41, 5.74) is 3.19. The van der Waals surface area contributed by atoms with Crippen molar-refractivity contribution < 1.29 is 4.42 Å². The van der Waals surface area contributed by atoms with Gasteiger partial charge in [0.1, 0.15) is 5.76 Å². The van der Waals surface area contributed by atoms with Crippen LogP contribution in [0.1, 0.15) is 50.1 Å². The minimum absolute atomic E-state index is 0.136. The van der Waals surface area contributed by atoms with Crippen molar-refractivity contribution in [3.05, 3.63) is 32.9 Å². The Morgan fingerprint density at radius 2 is 1.33 bits per heavy atom. The van der Waals surface area contributed by atoms with Crippen LogP contribution in [0.2, 0.25) is 0 Å². The Hall–Kier alpha value is -1.05. The molecule has 0 radical (unpaired) electrons. The molecule has 0 aliphatic heterocycles. The van der Waals surface area contributed by atoms with E-state index in [2.05, 4.69) is 13.8 Å². The van der Waals surface area contributed by atoms with Gasteiger partial charge in [-0.25, -0.2) is 4.79 Å². The Labute approximate surface area is 91.3 Å². The molecule has 2 nitrogen and oxygen atoms in total. The molecule has 0 saturated heterocycles. The van der Waals surface area contributed by atoms with Crippen LogP contribution in [0.4, 0.5) is 0 Å². The molecule has 0 aliphatic carbocycles. The highest BCUT2D eigenvalue weighted by atomic mass is 16.4. The lowest BCUT2D eigenvalue weighted by molar-refractivity contribution is 0.447. The Bertz CT molecular complexity index is 388. The first-order valence-corrected chi connectivity index (χ1v) is 5.86. The number of hydrogen-bond donors (Lipinski definition) is 0. The number of hydrogen-bond acceptors (Lipinski definition) is 2. The summed E-state index contributed by atoms with van der Waals surface area (Å²) in [4.78, 5) is 11.7. The van der Waals surface area contributed by atoms with E-state index in [1.165, 1.54) is 11.1 Å². The molecule has 0 N–H and O–H groups in total. The molecule has 84 valence electrons. The Morgan fingerprint density at radius 3 is 1.73 bits per heavy atom. The van der Waals surface area contributed by atoms with Gasteiger partial charge >= 0.3 is 5.63 Å². The maximum atomic E-state index is 11.7. The van der Waals surface area contributed by atoms with Crippen molar-refractivity contribution >= 4 is 0 Å². The van der Waals surface area contributed by atoms with Gasteiger partial charge in [-0.3, -0.25) is 0 Å². The topological polar surface area (TPSA) is 30.2 Å². The van der Waals surface area contributed by atoms with Gasteiger partial charge in [-0.15, -0.1) is 0 Å². The van der Waals surface area contributed by atoms with Crippen molar-refractivity contribution in [2.45, 2.75) is 53.4 Å². The zero-order valence-electron chi connectivity index (χ0n) is 10.1. The highest BCUT2D eigenvalue weighted by Gasteiger charge is 2.14. The lowest BCUT2D eigenvalue weighted by atomic mass is 9.96. The predicted octanol–water partition coefficient (Wildman–Crippen LogP) is 2.89. The Morgan fingerprint density at radius 1 is 0.800 bits per heavy atom. The molecule has 0 aromatic carbocycles. The van der Waals surface area contributed by atoms with Crippen molar-refractivity contribution in [2.75, 3.05) is 0 Å². The van der Waals surface area contributed by atoms with E-state index >= 15 is 0 Å². The van der Waals surface area contributed by atoms with Crippen LogP contribution in [0.25, 0.3) is 0 Å². The van der Waals surface area contributed by atoms with E-state index in [9.17, 15) is 4.79 Å². The largest absolute Gasteiger partial charge is 0.427 e. The molecule has 2 heteroatoms. The van der Waals surface area contributed by atoms with E-state index in [0.29, 0.717) is 0 Å². The maximum Gasteiger partial charge on any atom is 0.339 e. The standard InChI is InChI=1S/C13H20O2/c1-5-9-10(6-2)12(8-4)15-13(14)11(9)7-3/h5-8H2,1-4H3. The molecule has 0 aliphatic rings. The van der Waals surface area contributed by atoms with Crippen LogP contribution in [0, 0.1) is 0 Å². The molecule has 1 heterocycles. The van der Waals surface area contributed by atoms with Crippen molar-refractivity contribution in [3.63, 3.8) is 0 Å². The molecule has 1 rings (SSSR count). The molecular formula is C13H20O2. The minimum atomic E-state index is -0.136. The predicted molar refractivity (Wildman–Crippen MR) is 62.5 cm³/mol. The molecule has 0 spiro atoms. The van der Waals surface area contributed by atoms with E-state index in [1.54, 1.807) is 0 Å². The van der Waals surface area contributed by atoms with Crippen LogP contribution in [-0.4, -0.2) is 0 Å². The fourth-order valence-corrected chi connectivity index (χ4v) is 2.19. The highest BCUT2D eigenvalue weighted by molar-refractivity contribution is 5.35. The molecule has 0 bridgehead atoms. The Kier molecular flexibility index (Phi) is 4.13. The third-order valence-corrected chi connectivity index (χ3v) is 2.91. The van der Waals surface area contributed by atoms with Gasteiger partial charge in [0.2, 0.25) is 0 Å². The quantitative estimate of drug-likeness (QED) is 0.761. The molecule has 0 saturated carbocycles. The molecule has 1 aromatic heterocycles. The van der Waals surface area contributed by atoms with E-state index in [4.69, 9.17) is 4.42 Å². The van der Waals surface area contributed by atoms with Crippen LogP contribution in [0.15, 0.2) is 9.21 Å². The zero-order chi connectivity index (χ0) is 11.4. The van der Waals surface area contributed by atoms with E-state index < -0.39 is 0 Å². The van der Waals surface area contributed by atoms with Gasteiger partial charge in [0.25, 0.3) is 0 Å². The van der Waals surface area contributed by atoms with Crippen molar-refractivity contribution in [1.29, 1.82) is 0 Å². The van der Waals surface area contributed by atoms with E-state index in [-0.39, 0.29) is 5.63 Å². The van der Waals surface area contributed by atoms with E-state index in [0.717, 1.165) is 37.0 Å². The summed E-state index contributed by atoms with van der Waals surface area (Å²) >= 11 is 0. The first-order valence-electron chi connectivity index (χ1n) is 5.86. The zero-order valence-corrected chi connectivity index (χ0v) is 10.1. The van der Waals surface area contributed by atoms with Gasteiger partial charge in [-0.05, 0) is 30.4 Å². The van der Waals surface area contributed by atoms with Crippen LogP contribution < -0.4 is 5.63 Å². The normalized spacial score (nSPS) is 10.7. The average molecular weight is 208 g/mol. The maximum absolute atomic E-state index is 11.7. The van der Waals surface area contributed by atoms with Crippen LogP contribution in [-0.2, 0) is 25.7 Å². The first kappa shape index (κ1) is 12.0. The Balaban J connectivity index is 3.52. The summed E-state index contributed by atoms with van der Waals surface area (Å²) < 4.78 is 5.36. The van der Waals surface area contributed by atoms with Crippen LogP contribution in [0.3, 0.4) is 0 Å². The minimum Gasteiger partial charge on any atom is -0.427 e. The fourth-order valence-electron chi connectivity index (χ4n) is 2.19. The highest BCUT2D eigenvalue weighted by Crippen LogP contribution is 2.19. The van der Waals surface area contributed by atoms with Crippen LogP contribution in [0.5, 0.6) is 0 Å². The monoisotopic (exact) mass is 208 g/mol. The van der Waals surface area contributed by atoms with Gasteiger partial charge in [-0.2, -0.15) is 0 Å². The molecule has 0 atom stereocenters. The van der Waals surface area contributed by atoms with Gasteiger partial charge in [0, 0.05) is 12.0 Å².